The van der Waals surface area contributed by atoms with E-state index in [1.807, 2.05) is 4.90 Å². The van der Waals surface area contributed by atoms with Crippen LogP contribution in [0.15, 0.2) is 24.3 Å². The number of nitrogens with two attached hydrogens (primary N) is 1. The van der Waals surface area contributed by atoms with Gasteiger partial charge in [-0.15, -0.1) is 0 Å². The van der Waals surface area contributed by atoms with Crippen LogP contribution in [0.25, 0.3) is 0 Å². The molecule has 1 aliphatic heterocycles. The van der Waals surface area contributed by atoms with Crippen LogP contribution >= 0.6 is 0 Å². The summed E-state index contributed by atoms with van der Waals surface area (Å²) in [5.74, 6) is 1.20. The normalized spacial score (nSPS) is 26.9. The van der Waals surface area contributed by atoms with Gasteiger partial charge < -0.3 is 10.6 Å². The molecule has 1 aromatic carbocycles. The van der Waals surface area contributed by atoms with Crippen molar-refractivity contribution in [2.24, 2.45) is 11.7 Å². The number of amides is 1. The number of likely N-dealkylation sites (tertiary alicyclic amines) is 1. The predicted octanol–water partition coefficient (Wildman–Crippen LogP) is 1.13. The molecule has 1 aliphatic carbocycles. The summed E-state index contributed by atoms with van der Waals surface area (Å²) in [6.07, 6.45) is 1.76. The molecule has 0 aromatic heterocycles. The minimum absolute atomic E-state index is 0.282. The van der Waals surface area contributed by atoms with Crippen LogP contribution in [0.1, 0.15) is 23.5 Å². The number of hydrogen-bond donors (Lipinski definition) is 1. The Labute approximate surface area is 102 Å². The Morgan fingerprint density at radius 1 is 1.29 bits per heavy atom. The molecule has 1 heterocycles. The Hall–Kier alpha value is -1.35. The molecule has 17 heavy (non-hydrogen) atoms. The van der Waals surface area contributed by atoms with E-state index in [1.54, 1.807) is 0 Å². The number of rotatable bonds is 3. The highest BCUT2D eigenvalue weighted by Gasteiger charge is 2.33. The summed E-state index contributed by atoms with van der Waals surface area (Å²) in [6, 6.07) is 8.53. The largest absolute Gasteiger partial charge is 0.342 e. The Morgan fingerprint density at radius 3 is 2.82 bits per heavy atom. The summed E-state index contributed by atoms with van der Waals surface area (Å²) in [4.78, 5) is 13.8. The van der Waals surface area contributed by atoms with Gasteiger partial charge in [0.2, 0.25) is 5.91 Å². The van der Waals surface area contributed by atoms with E-state index in [4.69, 9.17) is 5.73 Å². The first-order chi connectivity index (χ1) is 8.28. The molecule has 3 nitrogen and oxygen atoms in total. The van der Waals surface area contributed by atoms with Crippen LogP contribution in [0.5, 0.6) is 0 Å². The van der Waals surface area contributed by atoms with Crippen LogP contribution in [0, 0.1) is 5.92 Å². The van der Waals surface area contributed by atoms with Crippen LogP contribution in [0.3, 0.4) is 0 Å². The quantitative estimate of drug-likeness (QED) is 0.846. The first-order valence-corrected chi connectivity index (χ1v) is 6.33. The third-order valence-electron chi connectivity index (χ3n) is 4.03. The molecular formula is C14H18N2O. The fraction of sp³-hybridized carbons (Fsp3) is 0.500. The third kappa shape index (κ3) is 1.84. The van der Waals surface area contributed by atoms with E-state index in [1.165, 1.54) is 11.1 Å². The first kappa shape index (κ1) is 10.8. The topological polar surface area (TPSA) is 46.3 Å². The number of carbonyl (C=O) groups excluding carboxylic acids is 1. The molecule has 0 saturated carbocycles. The number of nitrogens with zero attached hydrogens (tertiary/aromatic N) is 1. The minimum Gasteiger partial charge on any atom is -0.342 e. The van der Waals surface area contributed by atoms with Crippen molar-refractivity contribution < 1.29 is 4.79 Å². The average Bonchev–Trinajstić information content (AvgIpc) is 2.67. The first-order valence-electron chi connectivity index (χ1n) is 6.33. The van der Waals surface area contributed by atoms with Gasteiger partial charge in [-0.2, -0.15) is 0 Å². The fourth-order valence-electron chi connectivity index (χ4n) is 2.98. The van der Waals surface area contributed by atoms with Crippen molar-refractivity contribution in [3.63, 3.8) is 0 Å². The van der Waals surface area contributed by atoms with Gasteiger partial charge in [-0.1, -0.05) is 24.3 Å². The van der Waals surface area contributed by atoms with Gasteiger partial charge in [0.15, 0.2) is 0 Å². The lowest BCUT2D eigenvalue weighted by Gasteiger charge is -2.33. The lowest BCUT2D eigenvalue weighted by molar-refractivity contribution is -0.128. The molecule has 1 saturated heterocycles. The Morgan fingerprint density at radius 2 is 2.12 bits per heavy atom. The van der Waals surface area contributed by atoms with Crippen molar-refractivity contribution in [1.82, 2.24) is 4.90 Å². The van der Waals surface area contributed by atoms with Crippen molar-refractivity contribution in [2.45, 2.75) is 18.8 Å². The van der Waals surface area contributed by atoms with E-state index >= 15 is 0 Å². The van der Waals surface area contributed by atoms with Gasteiger partial charge in [0.25, 0.3) is 0 Å². The number of benzene rings is 1. The standard InChI is InChI=1S/C14H18N2O/c15-7-10-5-14(17)16(8-10)9-12-6-11-3-1-2-4-13(11)12/h1-4,10,12H,5-9,15H2. The van der Waals surface area contributed by atoms with Gasteiger partial charge in [0, 0.05) is 25.4 Å². The summed E-state index contributed by atoms with van der Waals surface area (Å²) in [5.41, 5.74) is 8.50. The summed E-state index contributed by atoms with van der Waals surface area (Å²) in [6.45, 7) is 2.36. The zero-order chi connectivity index (χ0) is 11.8. The molecule has 2 aliphatic rings. The smallest absolute Gasteiger partial charge is 0.222 e. The van der Waals surface area contributed by atoms with Gasteiger partial charge in [-0.05, 0) is 30.0 Å². The zero-order valence-electron chi connectivity index (χ0n) is 9.93. The van der Waals surface area contributed by atoms with Crippen molar-refractivity contribution in [2.75, 3.05) is 19.6 Å². The van der Waals surface area contributed by atoms with Gasteiger partial charge in [-0.3, -0.25) is 4.79 Å². The molecule has 2 unspecified atom stereocenters. The van der Waals surface area contributed by atoms with E-state index in [-0.39, 0.29) is 5.91 Å². The highest BCUT2D eigenvalue weighted by molar-refractivity contribution is 5.78. The van der Waals surface area contributed by atoms with Gasteiger partial charge in [0.05, 0.1) is 0 Å². The summed E-state index contributed by atoms with van der Waals surface area (Å²) >= 11 is 0. The SMILES string of the molecule is NCC1CC(=O)N(CC2Cc3ccccc32)C1. The molecule has 0 spiro atoms. The predicted molar refractivity (Wildman–Crippen MR) is 66.6 cm³/mol. The van der Waals surface area contributed by atoms with E-state index in [2.05, 4.69) is 24.3 Å². The second-order valence-corrected chi connectivity index (χ2v) is 5.20. The van der Waals surface area contributed by atoms with Crippen LogP contribution < -0.4 is 5.73 Å². The molecule has 3 rings (SSSR count). The van der Waals surface area contributed by atoms with Crippen molar-refractivity contribution >= 4 is 5.91 Å². The van der Waals surface area contributed by atoms with Gasteiger partial charge in [-0.25, -0.2) is 0 Å². The number of carbonyl (C=O) groups is 1. The molecule has 0 radical (unpaired) electrons. The van der Waals surface area contributed by atoms with E-state index in [9.17, 15) is 4.79 Å². The fourth-order valence-corrected chi connectivity index (χ4v) is 2.98. The molecule has 90 valence electrons. The van der Waals surface area contributed by atoms with Crippen molar-refractivity contribution in [3.8, 4) is 0 Å². The maximum Gasteiger partial charge on any atom is 0.222 e. The highest BCUT2D eigenvalue weighted by atomic mass is 16.2. The van der Waals surface area contributed by atoms with E-state index < -0.39 is 0 Å². The van der Waals surface area contributed by atoms with Crippen LogP contribution in [-0.4, -0.2) is 30.4 Å². The van der Waals surface area contributed by atoms with E-state index in [0.29, 0.717) is 24.8 Å². The zero-order valence-corrected chi connectivity index (χ0v) is 9.93. The molecule has 1 amide bonds. The van der Waals surface area contributed by atoms with E-state index in [0.717, 1.165) is 19.5 Å². The second kappa shape index (κ2) is 4.15. The highest BCUT2D eigenvalue weighted by Crippen LogP contribution is 2.36. The lowest BCUT2D eigenvalue weighted by atomic mass is 9.77. The number of fused-ring (bicyclic) bond motifs is 1. The Balaban J connectivity index is 1.65. The third-order valence-corrected chi connectivity index (χ3v) is 4.03. The summed E-state index contributed by atoms with van der Waals surface area (Å²) in [7, 11) is 0. The maximum atomic E-state index is 11.8. The van der Waals surface area contributed by atoms with Gasteiger partial charge in [0.1, 0.15) is 0 Å². The Kier molecular flexibility index (Phi) is 2.63. The molecule has 2 atom stereocenters. The van der Waals surface area contributed by atoms with Gasteiger partial charge >= 0.3 is 0 Å². The van der Waals surface area contributed by atoms with Crippen LogP contribution in [0.4, 0.5) is 0 Å². The minimum atomic E-state index is 0.282. The maximum absolute atomic E-state index is 11.8. The van der Waals surface area contributed by atoms with Crippen LogP contribution in [-0.2, 0) is 11.2 Å². The average molecular weight is 230 g/mol. The molecule has 1 aromatic rings. The lowest BCUT2D eigenvalue weighted by Crippen LogP contribution is -2.34. The molecule has 0 bridgehead atoms. The summed E-state index contributed by atoms with van der Waals surface area (Å²) in [5, 5.41) is 0. The second-order valence-electron chi connectivity index (χ2n) is 5.20. The molecule has 2 N–H and O–H groups in total. The number of hydrogen-bond acceptors (Lipinski definition) is 2. The van der Waals surface area contributed by atoms with Crippen LogP contribution in [0.2, 0.25) is 0 Å². The van der Waals surface area contributed by atoms with Crippen molar-refractivity contribution in [1.29, 1.82) is 0 Å². The monoisotopic (exact) mass is 230 g/mol. The Bertz CT molecular complexity index is 444. The van der Waals surface area contributed by atoms with Crippen molar-refractivity contribution in [3.05, 3.63) is 35.4 Å². The summed E-state index contributed by atoms with van der Waals surface area (Å²) < 4.78 is 0. The molecule has 3 heteroatoms. The molecule has 1 fully saturated rings. The molecular weight excluding hydrogens is 212 g/mol.